The zero-order valence-corrected chi connectivity index (χ0v) is 16.8. The predicted octanol–water partition coefficient (Wildman–Crippen LogP) is 1.79. The number of rotatable bonds is 2. The summed E-state index contributed by atoms with van der Waals surface area (Å²) in [5, 5.41) is 10.9. The highest BCUT2D eigenvalue weighted by molar-refractivity contribution is 7.58. The van der Waals surface area contributed by atoms with Gasteiger partial charge >= 0.3 is 0 Å². The first-order valence-corrected chi connectivity index (χ1v) is 13.2. The van der Waals surface area contributed by atoms with Crippen LogP contribution in [0.5, 0.6) is 0 Å². The van der Waals surface area contributed by atoms with Crippen molar-refractivity contribution in [2.24, 2.45) is 0 Å². The van der Waals surface area contributed by atoms with Gasteiger partial charge in [-0.05, 0) is 24.6 Å². The van der Waals surface area contributed by atoms with E-state index in [2.05, 4.69) is 33.9 Å². The summed E-state index contributed by atoms with van der Waals surface area (Å²) in [4.78, 5) is 0. The van der Waals surface area contributed by atoms with Crippen LogP contribution in [0.2, 0.25) is 18.1 Å². The molecule has 2 aliphatic rings. The second-order valence-corrected chi connectivity index (χ2v) is 15.9. The number of ether oxygens (including phenoxy) is 1. The first-order valence-electron chi connectivity index (χ1n) is 8.04. The molecule has 2 heterocycles. The van der Waals surface area contributed by atoms with E-state index in [4.69, 9.17) is 13.7 Å². The van der Waals surface area contributed by atoms with Crippen LogP contribution in [0.15, 0.2) is 0 Å². The molecule has 1 N–H and O–H groups in total. The molecule has 2 rings (SSSR count). The lowest BCUT2D eigenvalue weighted by atomic mass is 9.88. The Balaban J connectivity index is 2.15. The fourth-order valence-electron chi connectivity index (χ4n) is 2.84. The van der Waals surface area contributed by atoms with Crippen LogP contribution in [-0.4, -0.2) is 64.5 Å². The second-order valence-electron chi connectivity index (χ2n) is 8.44. The zero-order chi connectivity index (χ0) is 17.0. The van der Waals surface area contributed by atoms with Crippen molar-refractivity contribution in [1.82, 2.24) is 0 Å². The van der Waals surface area contributed by atoms with Gasteiger partial charge in [-0.25, -0.2) is 0 Å². The van der Waals surface area contributed by atoms with Gasteiger partial charge in [0.15, 0.2) is 15.7 Å². The van der Waals surface area contributed by atoms with Crippen molar-refractivity contribution in [3.63, 3.8) is 0 Å². The molecule has 2 fully saturated rings. The summed E-state index contributed by atoms with van der Waals surface area (Å²) >= 11 is 0. The summed E-state index contributed by atoms with van der Waals surface area (Å²) in [5.74, 6) is 0. The van der Waals surface area contributed by atoms with Crippen molar-refractivity contribution in [1.29, 1.82) is 0 Å². The van der Waals surface area contributed by atoms with Crippen LogP contribution in [0.4, 0.5) is 0 Å². The van der Waals surface area contributed by atoms with Gasteiger partial charge in [0.05, 0.1) is 18.7 Å². The van der Waals surface area contributed by atoms with Gasteiger partial charge < -0.3 is 18.8 Å². The minimum absolute atomic E-state index is 0.0738. The standard InChI is InChI=1S/C14H30BO5PSi/c1-13(2,3)22(5,6)20-10-11(16)14(19-12(10)15)7-8-21(4,17)18-9-14/h10-12,16H,7-9,15H2,1-6H3/t10?,11-,12-,14+,21?/m1/s1. The van der Waals surface area contributed by atoms with Crippen LogP contribution in [0.25, 0.3) is 0 Å². The Labute approximate surface area is 136 Å². The van der Waals surface area contributed by atoms with E-state index < -0.39 is 27.4 Å². The van der Waals surface area contributed by atoms with Gasteiger partial charge in [-0.3, -0.25) is 4.57 Å². The number of aliphatic hydroxyl groups excluding tert-OH is 1. The Morgan fingerprint density at radius 2 is 2.00 bits per heavy atom. The molecule has 2 unspecified atom stereocenters. The molecule has 22 heavy (non-hydrogen) atoms. The van der Waals surface area contributed by atoms with E-state index in [1.165, 1.54) is 0 Å². The molecule has 0 aromatic heterocycles. The van der Waals surface area contributed by atoms with E-state index >= 15 is 0 Å². The average molecular weight is 348 g/mol. The largest absolute Gasteiger partial charge is 0.409 e. The summed E-state index contributed by atoms with van der Waals surface area (Å²) in [7, 11) is -2.58. The smallest absolute Gasteiger partial charge is 0.200 e. The minimum atomic E-state index is -2.52. The first kappa shape index (κ1) is 18.7. The van der Waals surface area contributed by atoms with E-state index in [0.717, 1.165) is 0 Å². The maximum Gasteiger partial charge on any atom is 0.200 e. The van der Waals surface area contributed by atoms with Gasteiger partial charge in [0.1, 0.15) is 19.6 Å². The van der Waals surface area contributed by atoms with Crippen LogP contribution in [0.3, 0.4) is 0 Å². The van der Waals surface area contributed by atoms with Gasteiger partial charge in [-0.2, -0.15) is 0 Å². The van der Waals surface area contributed by atoms with Crippen molar-refractivity contribution in [2.75, 3.05) is 19.4 Å². The van der Waals surface area contributed by atoms with Crippen molar-refractivity contribution in [2.45, 2.75) is 69.1 Å². The van der Waals surface area contributed by atoms with Gasteiger partial charge in [-0.15, -0.1) is 0 Å². The highest BCUT2D eigenvalue weighted by Gasteiger charge is 2.57. The third-order valence-electron chi connectivity index (χ3n) is 5.49. The molecule has 128 valence electrons. The lowest BCUT2D eigenvalue weighted by Gasteiger charge is -2.41. The summed E-state index contributed by atoms with van der Waals surface area (Å²) in [6, 6.07) is -0.193. The van der Waals surface area contributed by atoms with E-state index in [9.17, 15) is 9.67 Å². The van der Waals surface area contributed by atoms with Gasteiger partial charge in [0.2, 0.25) is 0 Å². The Hall–Kier alpha value is 0.352. The maximum absolute atomic E-state index is 12.0. The lowest BCUT2D eigenvalue weighted by molar-refractivity contribution is -0.101. The van der Waals surface area contributed by atoms with Crippen molar-refractivity contribution < 1.29 is 23.4 Å². The minimum Gasteiger partial charge on any atom is -0.409 e. The van der Waals surface area contributed by atoms with Crippen LogP contribution >= 0.6 is 7.37 Å². The molecular weight excluding hydrogens is 318 g/mol. The molecule has 2 aliphatic heterocycles. The lowest BCUT2D eigenvalue weighted by Crippen LogP contribution is -2.53. The molecule has 1 spiro atoms. The third kappa shape index (κ3) is 3.40. The summed E-state index contributed by atoms with van der Waals surface area (Å²) in [6.07, 6.45) is -0.0801. The molecule has 8 heteroatoms. The van der Waals surface area contributed by atoms with Crippen LogP contribution in [0.1, 0.15) is 27.2 Å². The van der Waals surface area contributed by atoms with E-state index in [1.54, 1.807) is 6.66 Å². The zero-order valence-electron chi connectivity index (χ0n) is 14.9. The fraction of sp³-hybridized carbons (Fsp3) is 1.00. The number of hydrogen-bond donors (Lipinski definition) is 1. The SMILES string of the molecule is B[C@@H]1O[C@]2(CCP(C)(=O)OC2)[C@H](O)C1O[Si](C)(C)C(C)(C)C. The average Bonchev–Trinajstić information content (AvgIpc) is 2.57. The molecule has 0 aromatic carbocycles. The molecule has 0 aliphatic carbocycles. The normalized spacial score (nSPS) is 43.7. The third-order valence-corrected chi connectivity index (χ3v) is 11.7. The molecule has 0 aromatic rings. The summed E-state index contributed by atoms with van der Waals surface area (Å²) < 4.78 is 30.0. The molecule has 5 nitrogen and oxygen atoms in total. The van der Waals surface area contributed by atoms with Gasteiger partial charge in [0.25, 0.3) is 0 Å². The van der Waals surface area contributed by atoms with E-state index in [0.29, 0.717) is 12.6 Å². The van der Waals surface area contributed by atoms with E-state index in [-0.39, 0.29) is 23.8 Å². The highest BCUT2D eigenvalue weighted by Crippen LogP contribution is 2.53. The molecule has 0 saturated carbocycles. The Morgan fingerprint density at radius 3 is 2.45 bits per heavy atom. The quantitative estimate of drug-likeness (QED) is 0.609. The summed E-state index contributed by atoms with van der Waals surface area (Å²) in [6.45, 7) is 12.7. The van der Waals surface area contributed by atoms with Gasteiger partial charge in [0, 0.05) is 12.8 Å². The fourth-order valence-corrected chi connectivity index (χ4v) is 5.60. The van der Waals surface area contributed by atoms with Crippen LogP contribution in [-0.2, 0) is 18.3 Å². The Kier molecular flexibility index (Phi) is 4.85. The number of hydrogen-bond acceptors (Lipinski definition) is 5. The molecule has 0 radical (unpaired) electrons. The van der Waals surface area contributed by atoms with Gasteiger partial charge in [-0.1, -0.05) is 20.8 Å². The van der Waals surface area contributed by atoms with Crippen LogP contribution < -0.4 is 0 Å². The molecule has 5 atom stereocenters. The van der Waals surface area contributed by atoms with Crippen molar-refractivity contribution in [3.05, 3.63) is 0 Å². The summed E-state index contributed by atoms with van der Waals surface area (Å²) in [5.41, 5.74) is -0.767. The Bertz CT molecular complexity index is 466. The van der Waals surface area contributed by atoms with E-state index in [1.807, 2.05) is 7.85 Å². The molecule has 2 saturated heterocycles. The molecule has 0 bridgehead atoms. The topological polar surface area (TPSA) is 65.0 Å². The maximum atomic E-state index is 12.0. The second kappa shape index (κ2) is 5.71. The first-order chi connectivity index (χ1) is 9.80. The monoisotopic (exact) mass is 348 g/mol. The van der Waals surface area contributed by atoms with Crippen molar-refractivity contribution in [3.8, 4) is 0 Å². The van der Waals surface area contributed by atoms with Crippen LogP contribution in [0, 0.1) is 0 Å². The van der Waals surface area contributed by atoms with Crippen molar-refractivity contribution >= 4 is 23.5 Å². The molecule has 0 amide bonds. The highest BCUT2D eigenvalue weighted by atomic mass is 31.2. The number of aliphatic hydroxyl groups is 1. The molecular formula is C14H30BO5PSi. The Morgan fingerprint density at radius 1 is 1.41 bits per heavy atom. The predicted molar refractivity (Wildman–Crippen MR) is 93.2 cm³/mol.